The third-order valence-electron chi connectivity index (χ3n) is 3.14. The van der Waals surface area contributed by atoms with Gasteiger partial charge in [-0.2, -0.15) is 13.2 Å². The van der Waals surface area contributed by atoms with E-state index < -0.39 is 36.3 Å². The van der Waals surface area contributed by atoms with E-state index in [-0.39, 0.29) is 11.6 Å². The first kappa shape index (κ1) is 18.5. The normalized spacial score (nSPS) is 14.2. The summed E-state index contributed by atoms with van der Waals surface area (Å²) in [5.74, 6) is -1.73. The molecule has 3 amide bonds. The first-order valence-electron chi connectivity index (χ1n) is 7.36. The summed E-state index contributed by atoms with van der Waals surface area (Å²) in [6.07, 6.45) is -0.736. The molecule has 0 aliphatic heterocycles. The van der Waals surface area contributed by atoms with Gasteiger partial charge >= 0.3 is 18.2 Å². The second-order valence-corrected chi connectivity index (χ2v) is 5.36. The molecule has 0 unspecified atom stereocenters. The minimum atomic E-state index is -4.48. The number of imide groups is 1. The zero-order valence-corrected chi connectivity index (χ0v) is 12.9. The van der Waals surface area contributed by atoms with Crippen LogP contribution in [0.25, 0.3) is 6.08 Å². The molecule has 0 atom stereocenters. The summed E-state index contributed by atoms with van der Waals surface area (Å²) >= 11 is 0. The van der Waals surface area contributed by atoms with Gasteiger partial charge in [-0.3, -0.25) is 10.1 Å². The maximum absolute atomic E-state index is 12.6. The number of carbonyl (C=O) groups excluding carboxylic acids is 3. The van der Waals surface area contributed by atoms with Gasteiger partial charge in [-0.05, 0) is 36.6 Å². The second kappa shape index (κ2) is 7.82. The van der Waals surface area contributed by atoms with Crippen LogP contribution in [0.4, 0.5) is 18.0 Å². The first-order chi connectivity index (χ1) is 11.7. The molecule has 0 aromatic heterocycles. The Morgan fingerprint density at radius 2 is 1.96 bits per heavy atom. The number of urea groups is 1. The topological polar surface area (TPSA) is 84.5 Å². The summed E-state index contributed by atoms with van der Waals surface area (Å²) in [7, 11) is 0. The van der Waals surface area contributed by atoms with Gasteiger partial charge in [-0.25, -0.2) is 9.59 Å². The van der Waals surface area contributed by atoms with E-state index in [4.69, 9.17) is 0 Å². The van der Waals surface area contributed by atoms with E-state index >= 15 is 0 Å². The molecule has 6 nitrogen and oxygen atoms in total. The lowest BCUT2D eigenvalue weighted by molar-refractivity contribution is -0.143. The third kappa shape index (κ3) is 6.66. The Morgan fingerprint density at radius 1 is 1.24 bits per heavy atom. The van der Waals surface area contributed by atoms with Crippen molar-refractivity contribution in [3.05, 3.63) is 41.5 Å². The predicted molar refractivity (Wildman–Crippen MR) is 81.1 cm³/mol. The van der Waals surface area contributed by atoms with Crippen molar-refractivity contribution in [1.29, 1.82) is 0 Å². The molecule has 134 valence electrons. The fourth-order valence-corrected chi connectivity index (χ4v) is 1.78. The molecule has 0 spiro atoms. The summed E-state index contributed by atoms with van der Waals surface area (Å²) in [5, 5.41) is 4.51. The Kier molecular flexibility index (Phi) is 5.79. The quantitative estimate of drug-likeness (QED) is 0.626. The molecule has 1 aliphatic rings. The Hall–Kier alpha value is -2.84. The van der Waals surface area contributed by atoms with Gasteiger partial charge in [-0.15, -0.1) is 0 Å². The van der Waals surface area contributed by atoms with Gasteiger partial charge in [0.15, 0.2) is 6.61 Å². The number of alkyl halides is 3. The lowest BCUT2D eigenvalue weighted by Gasteiger charge is -2.07. The molecule has 1 aliphatic carbocycles. The summed E-state index contributed by atoms with van der Waals surface area (Å²) in [6.45, 7) is -0.677. The average Bonchev–Trinajstić information content (AvgIpc) is 3.34. The summed E-state index contributed by atoms with van der Waals surface area (Å²) in [5.41, 5.74) is -0.691. The van der Waals surface area contributed by atoms with E-state index in [0.717, 1.165) is 37.1 Å². The standard InChI is InChI=1S/C16H15F3N2O4/c17-16(18,19)11-3-1-2-10(8-11)4-7-14(23)25-9-13(22)21-15(24)20-12-5-6-12/h1-4,7-8,12H,5-6,9H2,(H2,20,21,22,24)/b7-4+. The van der Waals surface area contributed by atoms with Crippen LogP contribution in [0, 0.1) is 0 Å². The van der Waals surface area contributed by atoms with Crippen LogP contribution in [-0.4, -0.2) is 30.6 Å². The van der Waals surface area contributed by atoms with Crippen molar-refractivity contribution in [3.63, 3.8) is 0 Å². The fraction of sp³-hybridized carbons (Fsp3) is 0.312. The van der Waals surface area contributed by atoms with Crippen LogP contribution in [0.1, 0.15) is 24.0 Å². The number of amides is 3. The number of esters is 1. The zero-order valence-electron chi connectivity index (χ0n) is 12.9. The monoisotopic (exact) mass is 356 g/mol. The minimum Gasteiger partial charge on any atom is -0.452 e. The molecule has 0 bridgehead atoms. The number of benzene rings is 1. The number of hydrogen-bond acceptors (Lipinski definition) is 4. The van der Waals surface area contributed by atoms with Gasteiger partial charge < -0.3 is 10.1 Å². The van der Waals surface area contributed by atoms with Gasteiger partial charge in [0.25, 0.3) is 5.91 Å². The highest BCUT2D eigenvalue weighted by Crippen LogP contribution is 2.29. The van der Waals surface area contributed by atoms with Crippen molar-refractivity contribution in [2.75, 3.05) is 6.61 Å². The summed E-state index contributed by atoms with van der Waals surface area (Å²) in [6, 6.07) is 3.79. The summed E-state index contributed by atoms with van der Waals surface area (Å²) in [4.78, 5) is 34.1. The minimum absolute atomic E-state index is 0.0748. The second-order valence-electron chi connectivity index (χ2n) is 5.36. The lowest BCUT2D eigenvalue weighted by atomic mass is 10.1. The van der Waals surface area contributed by atoms with Gasteiger partial charge in [0.1, 0.15) is 0 Å². The van der Waals surface area contributed by atoms with E-state index in [0.29, 0.717) is 0 Å². The molecule has 0 heterocycles. The highest BCUT2D eigenvalue weighted by atomic mass is 19.4. The van der Waals surface area contributed by atoms with Gasteiger partial charge in [-0.1, -0.05) is 12.1 Å². The van der Waals surface area contributed by atoms with E-state index in [1.54, 1.807) is 0 Å². The van der Waals surface area contributed by atoms with E-state index in [2.05, 4.69) is 10.1 Å². The number of rotatable bonds is 5. The number of halogens is 3. The first-order valence-corrected chi connectivity index (χ1v) is 7.36. The van der Waals surface area contributed by atoms with Crippen molar-refractivity contribution in [2.24, 2.45) is 0 Å². The Bertz CT molecular complexity index is 697. The molecule has 0 saturated heterocycles. The molecule has 2 rings (SSSR count). The van der Waals surface area contributed by atoms with Crippen molar-refractivity contribution < 1.29 is 32.3 Å². The largest absolute Gasteiger partial charge is 0.452 e. The van der Waals surface area contributed by atoms with Crippen molar-refractivity contribution in [1.82, 2.24) is 10.6 Å². The Balaban J connectivity index is 1.78. The van der Waals surface area contributed by atoms with E-state index in [1.165, 1.54) is 12.1 Å². The molecule has 1 aromatic carbocycles. The SMILES string of the molecule is O=C(COC(=O)/C=C/c1cccc(C(F)(F)F)c1)NC(=O)NC1CC1. The van der Waals surface area contributed by atoms with Crippen LogP contribution >= 0.6 is 0 Å². The third-order valence-corrected chi connectivity index (χ3v) is 3.14. The number of nitrogens with one attached hydrogen (secondary N) is 2. The molecular weight excluding hydrogens is 341 g/mol. The number of ether oxygens (including phenoxy) is 1. The van der Waals surface area contributed by atoms with Gasteiger partial charge in [0.05, 0.1) is 5.56 Å². The average molecular weight is 356 g/mol. The van der Waals surface area contributed by atoms with Crippen molar-refractivity contribution in [2.45, 2.75) is 25.1 Å². The maximum Gasteiger partial charge on any atom is 0.416 e. The van der Waals surface area contributed by atoms with Crippen molar-refractivity contribution >= 4 is 24.0 Å². The van der Waals surface area contributed by atoms with Crippen LogP contribution in [0.3, 0.4) is 0 Å². The molecule has 25 heavy (non-hydrogen) atoms. The predicted octanol–water partition coefficient (Wildman–Crippen LogP) is 2.25. The molecular formula is C16H15F3N2O4. The Morgan fingerprint density at radius 3 is 2.60 bits per heavy atom. The Labute approximate surface area is 141 Å². The molecule has 1 saturated carbocycles. The lowest BCUT2D eigenvalue weighted by Crippen LogP contribution is -2.42. The van der Waals surface area contributed by atoms with Gasteiger partial charge in [0, 0.05) is 12.1 Å². The van der Waals surface area contributed by atoms with Crippen LogP contribution < -0.4 is 10.6 Å². The van der Waals surface area contributed by atoms with Crippen LogP contribution in [0.5, 0.6) is 0 Å². The van der Waals surface area contributed by atoms with Gasteiger partial charge in [0.2, 0.25) is 0 Å². The highest BCUT2D eigenvalue weighted by molar-refractivity contribution is 5.96. The van der Waals surface area contributed by atoms with E-state index in [1.807, 2.05) is 5.32 Å². The fourth-order valence-electron chi connectivity index (χ4n) is 1.78. The number of hydrogen-bond donors (Lipinski definition) is 2. The smallest absolute Gasteiger partial charge is 0.416 e. The van der Waals surface area contributed by atoms with Crippen LogP contribution in [0.15, 0.2) is 30.3 Å². The van der Waals surface area contributed by atoms with Crippen LogP contribution in [-0.2, 0) is 20.5 Å². The number of carbonyl (C=O) groups is 3. The maximum atomic E-state index is 12.6. The molecule has 2 N–H and O–H groups in total. The van der Waals surface area contributed by atoms with E-state index in [9.17, 15) is 27.6 Å². The summed E-state index contributed by atoms with van der Waals surface area (Å²) < 4.78 is 42.3. The molecule has 1 aromatic rings. The van der Waals surface area contributed by atoms with Crippen LogP contribution in [0.2, 0.25) is 0 Å². The highest BCUT2D eigenvalue weighted by Gasteiger charge is 2.30. The molecule has 0 radical (unpaired) electrons. The molecule has 9 heteroatoms. The zero-order chi connectivity index (χ0) is 18.4. The molecule has 1 fully saturated rings. The van der Waals surface area contributed by atoms with Crippen molar-refractivity contribution in [3.8, 4) is 0 Å².